The van der Waals surface area contributed by atoms with Crippen molar-refractivity contribution in [2.24, 2.45) is 5.92 Å². The molecular weight excluding hydrogens is 540 g/mol. The Bertz CT molecular complexity index is 1040. The lowest BCUT2D eigenvalue weighted by molar-refractivity contribution is -0.131. The van der Waals surface area contributed by atoms with E-state index in [9.17, 15) is 19.2 Å². The molecule has 238 valence electrons. The second kappa shape index (κ2) is 21.3. The molecule has 8 heteroatoms. The molecule has 0 spiro atoms. The Kier molecular flexibility index (Phi) is 17.7. The number of hydrogen-bond acceptors (Lipinski definition) is 4. The van der Waals surface area contributed by atoms with Crippen LogP contribution >= 0.6 is 0 Å². The molecule has 0 radical (unpaired) electrons. The van der Waals surface area contributed by atoms with Crippen LogP contribution < -0.4 is 21.3 Å². The van der Waals surface area contributed by atoms with E-state index in [0.29, 0.717) is 25.8 Å². The van der Waals surface area contributed by atoms with Gasteiger partial charge in [-0.3, -0.25) is 19.2 Å². The van der Waals surface area contributed by atoms with Gasteiger partial charge in [-0.15, -0.1) is 0 Å². The topological polar surface area (TPSA) is 116 Å². The van der Waals surface area contributed by atoms with Gasteiger partial charge in [-0.2, -0.15) is 0 Å². The summed E-state index contributed by atoms with van der Waals surface area (Å²) in [4.78, 5) is 51.8. The monoisotopic (exact) mass is 594 g/mol. The predicted molar refractivity (Wildman–Crippen MR) is 173 cm³/mol. The van der Waals surface area contributed by atoms with E-state index in [0.717, 1.165) is 24.8 Å². The zero-order chi connectivity index (χ0) is 31.3. The van der Waals surface area contributed by atoms with Crippen molar-refractivity contribution in [3.05, 3.63) is 60.2 Å². The fraction of sp³-hybridized carbons (Fsp3) is 0.600. The zero-order valence-electron chi connectivity index (χ0n) is 26.5. The molecule has 0 bridgehead atoms. The molecule has 0 fully saturated rings. The third-order valence-electron chi connectivity index (χ3n) is 7.69. The highest BCUT2D eigenvalue weighted by Gasteiger charge is 2.27. The minimum Gasteiger partial charge on any atom is -0.352 e. The summed E-state index contributed by atoms with van der Waals surface area (Å²) in [6.45, 7) is 6.54. The van der Waals surface area contributed by atoms with Crippen molar-refractivity contribution in [2.45, 2.75) is 122 Å². The maximum Gasteiger partial charge on any atom is 0.247 e. The lowest BCUT2D eigenvalue weighted by atomic mass is 10.0. The van der Waals surface area contributed by atoms with E-state index in [1.54, 1.807) is 18.2 Å². The van der Waals surface area contributed by atoms with E-state index in [4.69, 9.17) is 0 Å². The van der Waals surface area contributed by atoms with E-state index >= 15 is 0 Å². The summed E-state index contributed by atoms with van der Waals surface area (Å²) in [5.41, 5.74) is 0.918. The zero-order valence-corrected chi connectivity index (χ0v) is 26.5. The number of unbranched alkanes of at least 4 members (excludes halogenated alkanes) is 9. The van der Waals surface area contributed by atoms with Crippen LogP contribution in [0.5, 0.6) is 0 Å². The molecule has 0 saturated carbocycles. The number of hydrogen-bond donors (Lipinski definition) is 4. The van der Waals surface area contributed by atoms with Crippen molar-refractivity contribution in [3.8, 4) is 0 Å². The van der Waals surface area contributed by atoms with Gasteiger partial charge in [-0.25, -0.2) is 0 Å². The van der Waals surface area contributed by atoms with Crippen molar-refractivity contribution in [3.63, 3.8) is 0 Å². The fourth-order valence-corrected chi connectivity index (χ4v) is 5.01. The Morgan fingerprint density at radius 3 is 2.21 bits per heavy atom. The van der Waals surface area contributed by atoms with Crippen LogP contribution in [0.2, 0.25) is 0 Å². The molecule has 8 nitrogen and oxygen atoms in total. The molecule has 0 aliphatic carbocycles. The maximum atomic E-state index is 13.6. The van der Waals surface area contributed by atoms with Gasteiger partial charge in [0.15, 0.2) is 0 Å². The van der Waals surface area contributed by atoms with Gasteiger partial charge in [0.05, 0.1) is 0 Å². The van der Waals surface area contributed by atoms with Crippen LogP contribution in [0.3, 0.4) is 0 Å². The van der Waals surface area contributed by atoms with Crippen LogP contribution in [0.4, 0.5) is 0 Å². The number of nitrogens with one attached hydrogen (secondary N) is 4. The molecule has 0 aromatic heterocycles. The van der Waals surface area contributed by atoms with Crippen LogP contribution in [0.25, 0.3) is 0 Å². The van der Waals surface area contributed by atoms with E-state index in [1.807, 2.05) is 44.2 Å². The first-order chi connectivity index (χ1) is 20.8. The third kappa shape index (κ3) is 15.6. The molecule has 4 amide bonds. The van der Waals surface area contributed by atoms with Gasteiger partial charge in [0.25, 0.3) is 0 Å². The normalized spacial score (nSPS) is 19.7. The molecule has 1 heterocycles. The van der Waals surface area contributed by atoms with Gasteiger partial charge in [0.2, 0.25) is 23.6 Å². The summed E-state index contributed by atoms with van der Waals surface area (Å²) in [5.74, 6) is -1.12. The Balaban J connectivity index is 1.99. The minimum atomic E-state index is -0.922. The summed E-state index contributed by atoms with van der Waals surface area (Å²) < 4.78 is 0. The second-order valence-electron chi connectivity index (χ2n) is 11.9. The van der Waals surface area contributed by atoms with Crippen molar-refractivity contribution < 1.29 is 19.2 Å². The third-order valence-corrected chi connectivity index (χ3v) is 7.69. The maximum absolute atomic E-state index is 13.6. The van der Waals surface area contributed by atoms with Gasteiger partial charge in [-0.05, 0) is 24.3 Å². The molecule has 1 aliphatic heterocycles. The van der Waals surface area contributed by atoms with Crippen LogP contribution in [-0.4, -0.2) is 48.3 Å². The molecule has 0 unspecified atom stereocenters. The smallest absolute Gasteiger partial charge is 0.247 e. The second-order valence-corrected chi connectivity index (χ2v) is 11.9. The van der Waals surface area contributed by atoms with Gasteiger partial charge in [-0.1, -0.05) is 127 Å². The largest absolute Gasteiger partial charge is 0.352 e. The highest BCUT2D eigenvalue weighted by atomic mass is 16.2. The average molecular weight is 595 g/mol. The molecule has 1 aromatic carbocycles. The minimum absolute atomic E-state index is 0.0344. The molecule has 43 heavy (non-hydrogen) atoms. The lowest BCUT2D eigenvalue weighted by Gasteiger charge is -2.25. The molecule has 3 atom stereocenters. The Labute approximate surface area is 258 Å². The van der Waals surface area contributed by atoms with Crippen molar-refractivity contribution in [1.82, 2.24) is 21.3 Å². The Morgan fingerprint density at radius 2 is 1.56 bits per heavy atom. The Morgan fingerprint density at radius 1 is 0.907 bits per heavy atom. The number of benzene rings is 1. The van der Waals surface area contributed by atoms with Crippen LogP contribution in [-0.2, 0) is 25.6 Å². The highest BCUT2D eigenvalue weighted by Crippen LogP contribution is 2.12. The van der Waals surface area contributed by atoms with Crippen molar-refractivity contribution in [1.29, 1.82) is 0 Å². The number of amides is 4. The van der Waals surface area contributed by atoms with E-state index in [1.165, 1.54) is 51.0 Å². The molecular formula is C35H54N4O4. The van der Waals surface area contributed by atoms with E-state index < -0.39 is 18.0 Å². The first kappa shape index (κ1) is 35.8. The van der Waals surface area contributed by atoms with Gasteiger partial charge in [0.1, 0.15) is 12.1 Å². The number of carbonyl (C=O) groups is 4. The molecule has 0 saturated heterocycles. The van der Waals surface area contributed by atoms with Gasteiger partial charge in [0, 0.05) is 31.5 Å². The first-order valence-electron chi connectivity index (χ1n) is 16.4. The highest BCUT2D eigenvalue weighted by molar-refractivity contribution is 5.93. The molecule has 1 aromatic rings. The SMILES string of the molecule is CCCCCCCCCCCCC(=O)N[C@@H](Cc1ccccc1)C(=O)N[C@H]1/C=C/CCNC(=O)/C=C/[C@H](C(C)C)NC1=O. The Hall–Kier alpha value is -3.42. The summed E-state index contributed by atoms with van der Waals surface area (Å²) in [6.07, 6.45) is 19.6. The predicted octanol–water partition coefficient (Wildman–Crippen LogP) is 5.28. The summed E-state index contributed by atoms with van der Waals surface area (Å²) in [6, 6.07) is 7.43. The average Bonchev–Trinajstić information content (AvgIpc) is 2.98. The van der Waals surface area contributed by atoms with Crippen molar-refractivity contribution >= 4 is 23.6 Å². The fourth-order valence-electron chi connectivity index (χ4n) is 5.01. The number of rotatable bonds is 17. The summed E-state index contributed by atoms with van der Waals surface area (Å²) in [7, 11) is 0. The van der Waals surface area contributed by atoms with Crippen molar-refractivity contribution in [2.75, 3.05) is 6.54 Å². The standard InChI is InChI=1S/C35H54N4O4/c1-4-5-6-7-8-9-10-11-12-16-22-33(41)37-31(26-28-19-14-13-15-20-28)35(43)39-30-21-17-18-25-36-32(40)24-23-29(27(2)3)38-34(30)42/h13-15,17,19-21,23-24,27,29-31H,4-12,16,18,22,25-26H2,1-3H3,(H,36,40)(H,37,41)(H,38,42)(H,39,43)/b21-17+,24-23+/t29-,30+,31+/m1/s1. The first-order valence-corrected chi connectivity index (χ1v) is 16.4. The van der Waals surface area contributed by atoms with Gasteiger partial charge >= 0.3 is 0 Å². The van der Waals surface area contributed by atoms with Crippen LogP contribution in [0.15, 0.2) is 54.6 Å². The summed E-state index contributed by atoms with van der Waals surface area (Å²) in [5, 5.41) is 11.5. The van der Waals surface area contributed by atoms with E-state index in [2.05, 4.69) is 28.2 Å². The molecule has 2 rings (SSSR count). The number of carbonyl (C=O) groups excluding carboxylic acids is 4. The quantitative estimate of drug-likeness (QED) is 0.145. The van der Waals surface area contributed by atoms with E-state index in [-0.39, 0.29) is 29.7 Å². The molecule has 4 N–H and O–H groups in total. The molecule has 1 aliphatic rings. The van der Waals surface area contributed by atoms with Crippen LogP contribution in [0, 0.1) is 5.92 Å². The summed E-state index contributed by atoms with van der Waals surface area (Å²) >= 11 is 0. The lowest BCUT2D eigenvalue weighted by Crippen LogP contribution is -2.55. The van der Waals surface area contributed by atoms with Gasteiger partial charge < -0.3 is 21.3 Å². The van der Waals surface area contributed by atoms with Crippen LogP contribution in [0.1, 0.15) is 103 Å².